The third-order valence-electron chi connectivity index (χ3n) is 3.80. The summed E-state index contributed by atoms with van der Waals surface area (Å²) >= 11 is 6.28. The van der Waals surface area contributed by atoms with Crippen LogP contribution in [0.1, 0.15) is 24.2 Å². The number of nitrogens with two attached hydrogens (primary N) is 1. The first-order chi connectivity index (χ1) is 13.6. The van der Waals surface area contributed by atoms with Gasteiger partial charge in [-0.3, -0.25) is 4.79 Å². The summed E-state index contributed by atoms with van der Waals surface area (Å²) in [4.78, 5) is 12.6. The Morgan fingerprint density at radius 1 is 1.14 bits per heavy atom. The van der Waals surface area contributed by atoms with Crippen LogP contribution in [-0.4, -0.2) is 35.2 Å². The summed E-state index contributed by atoms with van der Waals surface area (Å²) in [6, 6.07) is 6.80. The van der Waals surface area contributed by atoms with E-state index in [-0.39, 0.29) is 32.8 Å². The minimum Gasteiger partial charge on any atom is -0.495 e. The van der Waals surface area contributed by atoms with Gasteiger partial charge in [-0.15, -0.1) is 0 Å². The molecule has 0 aliphatic rings. The number of carbonyl (C=O) groups is 1. The van der Waals surface area contributed by atoms with Gasteiger partial charge < -0.3 is 19.5 Å². The van der Waals surface area contributed by atoms with Gasteiger partial charge in [0.2, 0.25) is 10.0 Å². The van der Waals surface area contributed by atoms with Crippen LogP contribution >= 0.6 is 11.6 Å². The highest BCUT2D eigenvalue weighted by molar-refractivity contribution is 7.89. The molecule has 0 saturated carbocycles. The molecule has 0 aliphatic heterocycles. The minimum absolute atomic E-state index is 0.138. The summed E-state index contributed by atoms with van der Waals surface area (Å²) < 4.78 is 39.3. The Bertz CT molecular complexity index is 1010. The van der Waals surface area contributed by atoms with Gasteiger partial charge in [-0.25, -0.2) is 13.6 Å². The lowest BCUT2D eigenvalue weighted by atomic mass is 10.1. The molecular weight excluding hydrogens is 420 g/mol. The molecule has 0 bridgehead atoms. The van der Waals surface area contributed by atoms with Gasteiger partial charge in [0.1, 0.15) is 5.75 Å². The third kappa shape index (κ3) is 5.75. The number of benzene rings is 2. The molecule has 0 saturated heterocycles. The molecular formula is C19H23ClN2O6S. The molecule has 1 amide bonds. The molecule has 158 valence electrons. The normalized spacial score (nSPS) is 11.3. The van der Waals surface area contributed by atoms with E-state index >= 15 is 0 Å². The smallest absolute Gasteiger partial charge is 0.255 e. The number of primary sulfonamides is 1. The monoisotopic (exact) mass is 442 g/mol. The molecule has 10 heteroatoms. The third-order valence-corrected chi connectivity index (χ3v) is 4.99. The summed E-state index contributed by atoms with van der Waals surface area (Å²) in [6.45, 7) is 4.41. The summed E-state index contributed by atoms with van der Waals surface area (Å²) in [5.41, 5.74) is 0.325. The molecule has 0 spiro atoms. The van der Waals surface area contributed by atoms with E-state index in [2.05, 4.69) is 5.32 Å². The molecule has 2 rings (SSSR count). The number of ether oxygens (including phenoxy) is 3. The number of methoxy groups -OCH3 is 2. The molecule has 0 heterocycles. The van der Waals surface area contributed by atoms with Crippen molar-refractivity contribution in [3.05, 3.63) is 40.9 Å². The molecule has 0 aromatic heterocycles. The average molecular weight is 443 g/mol. The Hall–Kier alpha value is -2.49. The molecule has 0 fully saturated rings. The van der Waals surface area contributed by atoms with Gasteiger partial charge in [-0.05, 0) is 36.2 Å². The zero-order chi connectivity index (χ0) is 21.8. The molecule has 2 aromatic carbocycles. The second-order valence-corrected chi connectivity index (χ2v) is 8.52. The maximum atomic E-state index is 12.7. The molecule has 8 nitrogen and oxygen atoms in total. The summed E-state index contributed by atoms with van der Waals surface area (Å²) in [7, 11) is -1.12. The fourth-order valence-electron chi connectivity index (χ4n) is 2.40. The first-order valence-corrected chi connectivity index (χ1v) is 10.5. The number of nitrogens with one attached hydrogen (secondary N) is 1. The minimum atomic E-state index is -3.95. The lowest BCUT2D eigenvalue weighted by molar-refractivity contribution is 0.102. The summed E-state index contributed by atoms with van der Waals surface area (Å²) in [5.74, 6) is 0.630. The largest absolute Gasteiger partial charge is 0.495 e. The Labute approximate surface area is 174 Å². The summed E-state index contributed by atoms with van der Waals surface area (Å²) in [6.07, 6.45) is 0. The van der Waals surface area contributed by atoms with Crippen LogP contribution in [0, 0.1) is 5.92 Å². The van der Waals surface area contributed by atoms with Crippen molar-refractivity contribution < 1.29 is 27.4 Å². The van der Waals surface area contributed by atoms with Gasteiger partial charge >= 0.3 is 0 Å². The zero-order valence-electron chi connectivity index (χ0n) is 16.5. The lowest BCUT2D eigenvalue weighted by Crippen LogP contribution is -2.16. The molecule has 29 heavy (non-hydrogen) atoms. The quantitative estimate of drug-likeness (QED) is 0.647. The van der Waals surface area contributed by atoms with Crippen LogP contribution in [0.2, 0.25) is 5.02 Å². The van der Waals surface area contributed by atoms with E-state index in [4.69, 9.17) is 31.0 Å². The van der Waals surface area contributed by atoms with E-state index in [1.807, 2.05) is 13.8 Å². The van der Waals surface area contributed by atoms with Crippen LogP contribution in [0.3, 0.4) is 0 Å². The molecule has 3 N–H and O–H groups in total. The first kappa shape index (κ1) is 22.8. The van der Waals surface area contributed by atoms with Crippen molar-refractivity contribution >= 4 is 33.2 Å². The van der Waals surface area contributed by atoms with Crippen molar-refractivity contribution in [2.45, 2.75) is 18.7 Å². The molecule has 2 aromatic rings. The second-order valence-electron chi connectivity index (χ2n) is 6.56. The van der Waals surface area contributed by atoms with Crippen molar-refractivity contribution in [1.82, 2.24) is 0 Å². The highest BCUT2D eigenvalue weighted by atomic mass is 35.5. The van der Waals surface area contributed by atoms with Crippen LogP contribution in [0.5, 0.6) is 17.2 Å². The van der Waals surface area contributed by atoms with Crippen LogP contribution in [0.4, 0.5) is 5.69 Å². The van der Waals surface area contributed by atoms with E-state index in [1.54, 1.807) is 0 Å². The predicted octanol–water partition coefficient (Wildman–Crippen LogP) is 3.29. The zero-order valence-corrected chi connectivity index (χ0v) is 18.1. The number of amides is 1. The van der Waals surface area contributed by atoms with Crippen LogP contribution < -0.4 is 24.7 Å². The molecule has 0 aliphatic carbocycles. The SMILES string of the molecule is COc1ccc(S(N)(=O)=O)cc1NC(=O)c1cc(Cl)c(OCC(C)C)c(OC)c1. The fourth-order valence-corrected chi connectivity index (χ4v) is 3.20. The lowest BCUT2D eigenvalue weighted by Gasteiger charge is -2.16. The first-order valence-electron chi connectivity index (χ1n) is 8.59. The molecule has 0 radical (unpaired) electrons. The summed E-state index contributed by atoms with van der Waals surface area (Å²) in [5, 5.41) is 7.96. The van der Waals surface area contributed by atoms with E-state index in [1.165, 1.54) is 44.6 Å². The fraction of sp³-hybridized carbons (Fsp3) is 0.316. The van der Waals surface area contributed by atoms with Crippen molar-refractivity contribution in [2.24, 2.45) is 11.1 Å². The number of sulfonamides is 1. The van der Waals surface area contributed by atoms with Crippen molar-refractivity contribution in [1.29, 1.82) is 0 Å². The Kier molecular flexibility index (Phi) is 7.34. The van der Waals surface area contributed by atoms with E-state index < -0.39 is 15.9 Å². The van der Waals surface area contributed by atoms with Gasteiger partial charge in [0, 0.05) is 5.56 Å². The maximum absolute atomic E-state index is 12.7. The standard InChI is InChI=1S/C19H23ClN2O6S/c1-11(2)10-28-18-14(20)7-12(8-17(18)27-4)19(23)22-15-9-13(29(21,24)25)5-6-16(15)26-3/h5-9,11H,10H2,1-4H3,(H,22,23)(H2,21,24,25). The topological polar surface area (TPSA) is 117 Å². The van der Waals surface area contributed by atoms with E-state index in [9.17, 15) is 13.2 Å². The highest BCUT2D eigenvalue weighted by Gasteiger charge is 2.19. The van der Waals surface area contributed by atoms with Gasteiger partial charge in [-0.1, -0.05) is 25.4 Å². The van der Waals surface area contributed by atoms with Gasteiger partial charge in [0.05, 0.1) is 36.4 Å². The number of hydrogen-bond donors (Lipinski definition) is 2. The Balaban J connectivity index is 2.37. The number of hydrogen-bond acceptors (Lipinski definition) is 6. The molecule has 0 atom stereocenters. The van der Waals surface area contributed by atoms with Crippen molar-refractivity contribution in [3.8, 4) is 17.2 Å². The highest BCUT2D eigenvalue weighted by Crippen LogP contribution is 2.37. The number of halogens is 1. The Morgan fingerprint density at radius 3 is 2.34 bits per heavy atom. The number of anilines is 1. The van der Waals surface area contributed by atoms with Crippen LogP contribution in [0.15, 0.2) is 35.2 Å². The van der Waals surface area contributed by atoms with Crippen LogP contribution in [0.25, 0.3) is 0 Å². The van der Waals surface area contributed by atoms with E-state index in [0.29, 0.717) is 18.1 Å². The van der Waals surface area contributed by atoms with Crippen LogP contribution in [-0.2, 0) is 10.0 Å². The van der Waals surface area contributed by atoms with Gasteiger partial charge in [0.25, 0.3) is 5.91 Å². The molecule has 0 unspecified atom stereocenters. The second kappa shape index (κ2) is 9.34. The number of carbonyl (C=O) groups excluding carboxylic acids is 1. The van der Waals surface area contributed by atoms with Crippen molar-refractivity contribution in [2.75, 3.05) is 26.1 Å². The van der Waals surface area contributed by atoms with E-state index in [0.717, 1.165) is 0 Å². The predicted molar refractivity (Wildman–Crippen MR) is 111 cm³/mol. The number of rotatable bonds is 8. The van der Waals surface area contributed by atoms with Gasteiger partial charge in [0.15, 0.2) is 11.5 Å². The van der Waals surface area contributed by atoms with Crippen molar-refractivity contribution in [3.63, 3.8) is 0 Å². The van der Waals surface area contributed by atoms with Gasteiger partial charge in [-0.2, -0.15) is 0 Å². The maximum Gasteiger partial charge on any atom is 0.255 e. The Morgan fingerprint density at radius 2 is 1.79 bits per heavy atom. The average Bonchev–Trinajstić information content (AvgIpc) is 2.65.